The number of nitrogens with zero attached hydrogens (tertiary/aromatic N) is 5. The van der Waals surface area contributed by atoms with Gasteiger partial charge in [-0.2, -0.15) is 0 Å². The molecule has 1 aliphatic heterocycles. The summed E-state index contributed by atoms with van der Waals surface area (Å²) in [4.78, 5) is 19.8. The highest BCUT2D eigenvalue weighted by atomic mass is 19.1. The van der Waals surface area contributed by atoms with Crippen LogP contribution in [0.2, 0.25) is 0 Å². The van der Waals surface area contributed by atoms with Gasteiger partial charge in [0, 0.05) is 66.6 Å². The number of benzene rings is 1. The number of methoxy groups -OCH3 is 1. The molecule has 5 aromatic rings. The molecule has 1 aromatic carbocycles. The lowest BCUT2D eigenvalue weighted by Gasteiger charge is -2.28. The molecule has 1 fully saturated rings. The molecule has 41 heavy (non-hydrogen) atoms. The van der Waals surface area contributed by atoms with Crippen molar-refractivity contribution in [1.82, 2.24) is 19.9 Å². The van der Waals surface area contributed by atoms with Gasteiger partial charge in [0.05, 0.1) is 54.0 Å². The van der Waals surface area contributed by atoms with Crippen LogP contribution in [0.3, 0.4) is 0 Å². The minimum Gasteiger partial charge on any atom is -0.479 e. The Morgan fingerprint density at radius 2 is 1.78 bits per heavy atom. The van der Waals surface area contributed by atoms with Crippen molar-refractivity contribution in [3.05, 3.63) is 84.1 Å². The summed E-state index contributed by atoms with van der Waals surface area (Å²) >= 11 is 0. The molecule has 0 atom stereocenters. The van der Waals surface area contributed by atoms with E-state index in [1.54, 1.807) is 31.5 Å². The van der Waals surface area contributed by atoms with Crippen molar-refractivity contribution in [2.75, 3.05) is 43.6 Å². The van der Waals surface area contributed by atoms with Crippen LogP contribution in [0.25, 0.3) is 33.4 Å². The summed E-state index contributed by atoms with van der Waals surface area (Å²) in [6.07, 6.45) is 4.72. The first kappa shape index (κ1) is 26.5. The molecule has 0 radical (unpaired) electrons. The standard InChI is InChI=1S/C30H25F3N6O2/c1-17-28(23-5-3-4-6-34-23)38-25-13-19(31)12-21(32)27(25)29(17)37-24-14-26(39-7-9-41-10-8-39)35-16-20(24)18-11-22(33)30(40-2)36-15-18/h3-6,11-16H,7-10H2,1-2H3,(H,35,37,38). The van der Waals surface area contributed by atoms with Gasteiger partial charge in [-0.1, -0.05) is 6.07 Å². The molecule has 11 heteroatoms. The van der Waals surface area contributed by atoms with Crippen LogP contribution in [0.15, 0.2) is 61.1 Å². The third-order valence-electron chi connectivity index (χ3n) is 6.95. The molecule has 0 unspecified atom stereocenters. The normalized spacial score (nSPS) is 13.4. The van der Waals surface area contributed by atoms with Crippen LogP contribution in [0.1, 0.15) is 5.56 Å². The van der Waals surface area contributed by atoms with Crippen molar-refractivity contribution >= 4 is 28.1 Å². The molecule has 1 N–H and O–H groups in total. The van der Waals surface area contributed by atoms with Gasteiger partial charge in [0.15, 0.2) is 5.82 Å². The average Bonchev–Trinajstić information content (AvgIpc) is 2.99. The highest BCUT2D eigenvalue weighted by Crippen LogP contribution is 2.40. The quantitative estimate of drug-likeness (QED) is 0.269. The maximum absolute atomic E-state index is 15.4. The van der Waals surface area contributed by atoms with Crippen molar-refractivity contribution in [1.29, 1.82) is 0 Å². The second-order valence-corrected chi connectivity index (χ2v) is 9.48. The Hall–Kier alpha value is -4.77. The Labute approximate surface area is 233 Å². The first-order valence-corrected chi connectivity index (χ1v) is 12.9. The third kappa shape index (κ3) is 5.11. The highest BCUT2D eigenvalue weighted by molar-refractivity contribution is 5.99. The van der Waals surface area contributed by atoms with Gasteiger partial charge in [0.25, 0.3) is 0 Å². The number of nitrogens with one attached hydrogen (secondary N) is 1. The topological polar surface area (TPSA) is 85.3 Å². The van der Waals surface area contributed by atoms with E-state index in [4.69, 9.17) is 9.47 Å². The molecule has 1 saturated heterocycles. The van der Waals surface area contributed by atoms with Gasteiger partial charge in [-0.15, -0.1) is 0 Å². The number of morpholine rings is 1. The van der Waals surface area contributed by atoms with Crippen molar-refractivity contribution in [2.24, 2.45) is 0 Å². The maximum atomic E-state index is 15.4. The van der Waals surface area contributed by atoms with Gasteiger partial charge >= 0.3 is 0 Å². The SMILES string of the molecule is COc1ncc(-c2cnc(N3CCOCC3)cc2Nc2c(C)c(-c3ccccn3)nc3cc(F)cc(F)c23)cc1F. The lowest BCUT2D eigenvalue weighted by molar-refractivity contribution is 0.122. The van der Waals surface area contributed by atoms with Crippen molar-refractivity contribution in [2.45, 2.75) is 6.92 Å². The van der Waals surface area contributed by atoms with Crippen LogP contribution in [-0.4, -0.2) is 53.3 Å². The van der Waals surface area contributed by atoms with E-state index in [1.165, 1.54) is 25.4 Å². The third-order valence-corrected chi connectivity index (χ3v) is 6.95. The number of hydrogen-bond donors (Lipinski definition) is 1. The number of hydrogen-bond acceptors (Lipinski definition) is 8. The second kappa shape index (κ2) is 11.0. The van der Waals surface area contributed by atoms with Crippen LogP contribution in [0.5, 0.6) is 5.88 Å². The number of pyridine rings is 4. The van der Waals surface area contributed by atoms with E-state index >= 15 is 4.39 Å². The minimum absolute atomic E-state index is 0.110. The van der Waals surface area contributed by atoms with E-state index in [-0.39, 0.29) is 16.8 Å². The fourth-order valence-electron chi connectivity index (χ4n) is 4.92. The lowest BCUT2D eigenvalue weighted by Crippen LogP contribution is -2.36. The number of aromatic nitrogens is 4. The van der Waals surface area contributed by atoms with Gasteiger partial charge in [-0.25, -0.2) is 28.1 Å². The molecule has 6 rings (SSSR count). The van der Waals surface area contributed by atoms with E-state index in [9.17, 15) is 8.78 Å². The summed E-state index contributed by atoms with van der Waals surface area (Å²) in [6.45, 7) is 4.18. The molecule has 208 valence electrons. The molecule has 0 aliphatic carbocycles. The summed E-state index contributed by atoms with van der Waals surface area (Å²) in [6, 6.07) is 10.5. The fraction of sp³-hybridized carbons (Fsp3) is 0.200. The molecular formula is C30H25F3N6O2. The van der Waals surface area contributed by atoms with Gasteiger partial charge in [-0.05, 0) is 25.1 Å². The fourth-order valence-corrected chi connectivity index (χ4v) is 4.92. The van der Waals surface area contributed by atoms with E-state index < -0.39 is 17.5 Å². The zero-order valence-corrected chi connectivity index (χ0v) is 22.3. The van der Waals surface area contributed by atoms with Crippen molar-refractivity contribution in [3.63, 3.8) is 0 Å². The maximum Gasteiger partial charge on any atom is 0.250 e. The molecule has 0 bridgehead atoms. The van der Waals surface area contributed by atoms with E-state index in [2.05, 4.69) is 30.2 Å². The second-order valence-electron chi connectivity index (χ2n) is 9.48. The average molecular weight is 559 g/mol. The first-order chi connectivity index (χ1) is 19.9. The van der Waals surface area contributed by atoms with Crippen LogP contribution >= 0.6 is 0 Å². The molecule has 0 saturated carbocycles. The summed E-state index contributed by atoms with van der Waals surface area (Å²) < 4.78 is 54.9. The van der Waals surface area contributed by atoms with Crippen LogP contribution in [0.4, 0.5) is 30.4 Å². The van der Waals surface area contributed by atoms with E-state index in [1.807, 2.05) is 12.1 Å². The van der Waals surface area contributed by atoms with Crippen molar-refractivity contribution < 1.29 is 22.6 Å². The zero-order chi connectivity index (χ0) is 28.5. The highest BCUT2D eigenvalue weighted by Gasteiger charge is 2.22. The predicted octanol–water partition coefficient (Wildman–Crippen LogP) is 6.07. The zero-order valence-electron chi connectivity index (χ0n) is 22.3. The first-order valence-electron chi connectivity index (χ1n) is 12.9. The number of halogens is 3. The summed E-state index contributed by atoms with van der Waals surface area (Å²) in [5, 5.41) is 3.48. The summed E-state index contributed by atoms with van der Waals surface area (Å²) in [5.41, 5.74) is 3.56. The predicted molar refractivity (Wildman–Crippen MR) is 150 cm³/mol. The molecule has 0 spiro atoms. The number of ether oxygens (including phenoxy) is 2. The number of fused-ring (bicyclic) bond motifs is 1. The van der Waals surface area contributed by atoms with Crippen molar-refractivity contribution in [3.8, 4) is 28.4 Å². The van der Waals surface area contributed by atoms with Gasteiger partial charge in [-0.3, -0.25) is 4.98 Å². The molecule has 5 heterocycles. The summed E-state index contributed by atoms with van der Waals surface area (Å²) in [7, 11) is 1.34. The number of rotatable bonds is 6. The molecular weight excluding hydrogens is 533 g/mol. The Morgan fingerprint density at radius 3 is 2.51 bits per heavy atom. The minimum atomic E-state index is -0.771. The number of anilines is 3. The molecule has 1 aliphatic rings. The van der Waals surface area contributed by atoms with Gasteiger partial charge in [0.2, 0.25) is 5.88 Å². The Kier molecular flexibility index (Phi) is 7.10. The van der Waals surface area contributed by atoms with Gasteiger partial charge < -0.3 is 19.7 Å². The Balaban J connectivity index is 1.57. The van der Waals surface area contributed by atoms with Crippen LogP contribution in [-0.2, 0) is 4.74 Å². The van der Waals surface area contributed by atoms with E-state index in [0.29, 0.717) is 71.6 Å². The largest absolute Gasteiger partial charge is 0.479 e. The monoisotopic (exact) mass is 558 g/mol. The molecule has 8 nitrogen and oxygen atoms in total. The lowest BCUT2D eigenvalue weighted by atomic mass is 10.0. The molecule has 4 aromatic heterocycles. The Bertz CT molecular complexity index is 1750. The van der Waals surface area contributed by atoms with E-state index in [0.717, 1.165) is 6.07 Å². The smallest absolute Gasteiger partial charge is 0.250 e. The molecule has 0 amide bonds. The van der Waals surface area contributed by atoms with Crippen LogP contribution < -0.4 is 15.0 Å². The summed E-state index contributed by atoms with van der Waals surface area (Å²) in [5.74, 6) is -1.64. The Morgan fingerprint density at radius 1 is 0.951 bits per heavy atom. The van der Waals surface area contributed by atoms with Crippen LogP contribution in [0, 0.1) is 24.4 Å². The van der Waals surface area contributed by atoms with Gasteiger partial charge in [0.1, 0.15) is 17.5 Å².